The molecule has 2 aliphatic rings. The standard InChI is InChI=1S/C14H14ClN3OS/c15-11-4-5-12-13(17-20-16-12)14(11)18-8-2-1-3-9(18)7-10(19)6-8/h4-5,8-9H,1-3,6-7H2. The van der Waals surface area contributed by atoms with E-state index in [0.717, 1.165) is 34.6 Å². The largest absolute Gasteiger partial charge is 0.362 e. The van der Waals surface area contributed by atoms with E-state index in [2.05, 4.69) is 13.6 Å². The predicted molar refractivity (Wildman–Crippen MR) is 80.6 cm³/mol. The first-order chi connectivity index (χ1) is 9.74. The highest BCUT2D eigenvalue weighted by atomic mass is 35.5. The lowest BCUT2D eigenvalue weighted by molar-refractivity contribution is -0.121. The highest BCUT2D eigenvalue weighted by Crippen LogP contribution is 2.42. The molecule has 0 saturated carbocycles. The van der Waals surface area contributed by atoms with E-state index in [1.807, 2.05) is 12.1 Å². The SMILES string of the molecule is O=C1CC2CCCC(C1)N2c1c(Cl)ccc2nsnc12. The van der Waals surface area contributed by atoms with Gasteiger partial charge in [-0.25, -0.2) is 0 Å². The summed E-state index contributed by atoms with van der Waals surface area (Å²) in [5.41, 5.74) is 2.76. The van der Waals surface area contributed by atoms with Crippen LogP contribution in [0.25, 0.3) is 11.0 Å². The summed E-state index contributed by atoms with van der Waals surface area (Å²) in [4.78, 5) is 14.2. The Morgan fingerprint density at radius 3 is 2.70 bits per heavy atom. The van der Waals surface area contributed by atoms with Crippen LogP contribution in [0.5, 0.6) is 0 Å². The molecule has 3 heterocycles. The van der Waals surface area contributed by atoms with Crippen molar-refractivity contribution in [2.24, 2.45) is 0 Å². The van der Waals surface area contributed by atoms with Crippen LogP contribution in [0, 0.1) is 0 Å². The number of ketones is 1. The highest BCUT2D eigenvalue weighted by molar-refractivity contribution is 7.00. The fourth-order valence-corrected chi connectivity index (χ4v) is 4.39. The van der Waals surface area contributed by atoms with E-state index in [1.54, 1.807) is 0 Å². The first-order valence-electron chi connectivity index (χ1n) is 6.95. The number of piperidine rings is 2. The number of rotatable bonds is 1. The number of benzene rings is 1. The number of fused-ring (bicyclic) bond motifs is 3. The molecule has 1 aromatic heterocycles. The predicted octanol–water partition coefficient (Wildman–Crippen LogP) is 3.44. The van der Waals surface area contributed by atoms with Crippen molar-refractivity contribution in [3.8, 4) is 0 Å². The van der Waals surface area contributed by atoms with Gasteiger partial charge in [-0.2, -0.15) is 8.75 Å². The Labute approximate surface area is 126 Å². The molecule has 0 radical (unpaired) electrons. The van der Waals surface area contributed by atoms with Crippen molar-refractivity contribution in [2.45, 2.75) is 44.2 Å². The molecule has 1 aromatic carbocycles. The Balaban J connectivity index is 1.88. The van der Waals surface area contributed by atoms with E-state index >= 15 is 0 Å². The van der Waals surface area contributed by atoms with Gasteiger partial charge in [0.1, 0.15) is 16.8 Å². The number of carbonyl (C=O) groups excluding carboxylic acids is 1. The van der Waals surface area contributed by atoms with Crippen LogP contribution in [0.4, 0.5) is 5.69 Å². The molecular weight excluding hydrogens is 294 g/mol. The summed E-state index contributed by atoms with van der Waals surface area (Å²) in [6.07, 6.45) is 4.60. The molecular formula is C14H14ClN3OS. The summed E-state index contributed by atoms with van der Waals surface area (Å²) < 4.78 is 8.72. The Kier molecular flexibility index (Phi) is 2.93. The van der Waals surface area contributed by atoms with Crippen molar-refractivity contribution in [3.63, 3.8) is 0 Å². The number of hydrogen-bond donors (Lipinski definition) is 0. The Morgan fingerprint density at radius 2 is 1.95 bits per heavy atom. The average Bonchev–Trinajstić information content (AvgIpc) is 2.86. The third-order valence-corrected chi connectivity index (χ3v) is 5.25. The van der Waals surface area contributed by atoms with Gasteiger partial charge in [0.15, 0.2) is 0 Å². The fraction of sp³-hybridized carbons (Fsp3) is 0.500. The van der Waals surface area contributed by atoms with Crippen molar-refractivity contribution in [1.82, 2.24) is 8.75 Å². The highest BCUT2D eigenvalue weighted by Gasteiger charge is 2.39. The second-order valence-corrected chi connectivity index (χ2v) is 6.56. The summed E-state index contributed by atoms with van der Waals surface area (Å²) in [5, 5.41) is 0.719. The van der Waals surface area contributed by atoms with Crippen molar-refractivity contribution < 1.29 is 4.79 Å². The molecule has 0 aliphatic carbocycles. The van der Waals surface area contributed by atoms with Gasteiger partial charge in [-0.1, -0.05) is 11.6 Å². The molecule has 0 spiro atoms. The Bertz CT molecular complexity index is 670. The second-order valence-electron chi connectivity index (χ2n) is 5.62. The number of halogens is 1. The second kappa shape index (κ2) is 4.67. The molecule has 2 fully saturated rings. The molecule has 104 valence electrons. The number of Topliss-reactive ketones (excluding diaryl/α,β-unsaturated/α-hetero) is 1. The Morgan fingerprint density at radius 1 is 1.20 bits per heavy atom. The van der Waals surface area contributed by atoms with Crippen LogP contribution >= 0.6 is 23.3 Å². The lowest BCUT2D eigenvalue weighted by Gasteiger charge is -2.47. The fourth-order valence-electron chi connectivity index (χ4n) is 3.60. The lowest BCUT2D eigenvalue weighted by atomic mass is 9.83. The van der Waals surface area contributed by atoms with E-state index < -0.39 is 0 Å². The molecule has 0 N–H and O–H groups in total. The zero-order chi connectivity index (χ0) is 13.7. The van der Waals surface area contributed by atoms with Gasteiger partial charge < -0.3 is 4.90 Å². The zero-order valence-corrected chi connectivity index (χ0v) is 12.5. The van der Waals surface area contributed by atoms with Crippen LogP contribution in [0.2, 0.25) is 5.02 Å². The third kappa shape index (κ3) is 1.84. The van der Waals surface area contributed by atoms with Gasteiger partial charge in [0.05, 0.1) is 22.4 Å². The van der Waals surface area contributed by atoms with Gasteiger partial charge in [0.2, 0.25) is 0 Å². The summed E-state index contributed by atoms with van der Waals surface area (Å²) in [5.74, 6) is 0.385. The summed E-state index contributed by atoms with van der Waals surface area (Å²) >= 11 is 7.67. The first kappa shape index (κ1) is 12.5. The first-order valence-corrected chi connectivity index (χ1v) is 8.05. The third-order valence-electron chi connectivity index (χ3n) is 4.40. The van der Waals surface area contributed by atoms with Gasteiger partial charge in [-0.3, -0.25) is 4.79 Å². The molecule has 4 rings (SSSR count). The van der Waals surface area contributed by atoms with Crippen molar-refractivity contribution >= 4 is 45.8 Å². The molecule has 2 aliphatic heterocycles. The maximum Gasteiger partial charge on any atom is 0.137 e. The molecule has 2 atom stereocenters. The van der Waals surface area contributed by atoms with Gasteiger partial charge in [0.25, 0.3) is 0 Å². The van der Waals surface area contributed by atoms with E-state index in [9.17, 15) is 4.79 Å². The maximum atomic E-state index is 11.9. The van der Waals surface area contributed by atoms with Crippen molar-refractivity contribution in [1.29, 1.82) is 0 Å². The molecule has 4 nitrogen and oxygen atoms in total. The van der Waals surface area contributed by atoms with E-state index in [-0.39, 0.29) is 12.1 Å². The number of hydrogen-bond acceptors (Lipinski definition) is 5. The van der Waals surface area contributed by atoms with Crippen LogP contribution in [-0.4, -0.2) is 26.6 Å². The van der Waals surface area contributed by atoms with Gasteiger partial charge in [-0.15, -0.1) is 0 Å². The zero-order valence-electron chi connectivity index (χ0n) is 10.9. The van der Waals surface area contributed by atoms with Crippen LogP contribution in [0.15, 0.2) is 12.1 Å². The van der Waals surface area contributed by atoms with E-state index in [1.165, 1.54) is 18.1 Å². The van der Waals surface area contributed by atoms with Crippen molar-refractivity contribution in [3.05, 3.63) is 17.2 Å². The van der Waals surface area contributed by atoms with Gasteiger partial charge >= 0.3 is 0 Å². The van der Waals surface area contributed by atoms with Crippen LogP contribution < -0.4 is 4.90 Å². The molecule has 0 amide bonds. The van der Waals surface area contributed by atoms with Gasteiger partial charge in [0, 0.05) is 24.9 Å². The molecule has 2 aromatic rings. The van der Waals surface area contributed by atoms with Crippen molar-refractivity contribution in [2.75, 3.05) is 4.90 Å². The number of anilines is 1. The molecule has 6 heteroatoms. The van der Waals surface area contributed by atoms with Gasteiger partial charge in [-0.05, 0) is 31.4 Å². The molecule has 2 unspecified atom stereocenters. The summed E-state index contributed by atoms with van der Waals surface area (Å²) in [6.45, 7) is 0. The average molecular weight is 308 g/mol. The summed E-state index contributed by atoms with van der Waals surface area (Å²) in [7, 11) is 0. The van der Waals surface area contributed by atoms with E-state index in [4.69, 9.17) is 11.6 Å². The number of aromatic nitrogens is 2. The van der Waals surface area contributed by atoms with Crippen LogP contribution in [0.3, 0.4) is 0 Å². The van der Waals surface area contributed by atoms with E-state index in [0.29, 0.717) is 18.6 Å². The summed E-state index contributed by atoms with van der Waals surface area (Å²) in [6, 6.07) is 4.36. The minimum Gasteiger partial charge on any atom is -0.362 e. The number of nitrogens with zero attached hydrogens (tertiary/aromatic N) is 3. The normalized spacial score (nSPS) is 26.2. The minimum atomic E-state index is 0.278. The minimum absolute atomic E-state index is 0.278. The van der Waals surface area contributed by atoms with Crippen LogP contribution in [0.1, 0.15) is 32.1 Å². The maximum absolute atomic E-state index is 11.9. The quantitative estimate of drug-likeness (QED) is 0.809. The molecule has 20 heavy (non-hydrogen) atoms. The number of carbonyl (C=O) groups is 1. The lowest BCUT2D eigenvalue weighted by Crippen LogP contribution is -2.52. The smallest absolute Gasteiger partial charge is 0.137 e. The topological polar surface area (TPSA) is 46.1 Å². The molecule has 2 saturated heterocycles. The Hall–Kier alpha value is -1.20. The van der Waals surface area contributed by atoms with Crippen LogP contribution in [-0.2, 0) is 4.79 Å². The monoisotopic (exact) mass is 307 g/mol. The molecule has 2 bridgehead atoms.